The lowest BCUT2D eigenvalue weighted by Gasteiger charge is -2.64. The highest BCUT2D eigenvalue weighted by Gasteiger charge is 2.73. The van der Waals surface area contributed by atoms with Gasteiger partial charge in [0.05, 0.1) is 17.1 Å². The van der Waals surface area contributed by atoms with Gasteiger partial charge >= 0.3 is 0 Å². The van der Waals surface area contributed by atoms with E-state index < -0.39 is 17.1 Å². The van der Waals surface area contributed by atoms with E-state index in [2.05, 4.69) is 4.90 Å². The van der Waals surface area contributed by atoms with Crippen LogP contribution in [0.3, 0.4) is 0 Å². The molecule has 7 heteroatoms. The number of carbonyl (C=O) groups excluding carboxylic acids is 1. The minimum absolute atomic E-state index is 0. The molecule has 0 radical (unpaired) electrons. The van der Waals surface area contributed by atoms with Crippen molar-refractivity contribution < 1.29 is 19.7 Å². The van der Waals surface area contributed by atoms with Crippen LogP contribution in [0.5, 0.6) is 11.5 Å². The van der Waals surface area contributed by atoms with Crippen LogP contribution in [0, 0.1) is 12.8 Å². The highest BCUT2D eigenvalue weighted by molar-refractivity contribution is 5.93. The number of benzene rings is 2. The zero-order chi connectivity index (χ0) is 24.1. The molecule has 1 spiro atoms. The Bertz CT molecular complexity index is 1230. The van der Waals surface area contributed by atoms with Gasteiger partial charge in [0, 0.05) is 30.8 Å². The van der Waals surface area contributed by atoms with Gasteiger partial charge in [-0.15, -0.1) is 12.4 Å². The normalized spacial score (nSPS) is 33.8. The molecule has 2 heterocycles. The van der Waals surface area contributed by atoms with Crippen molar-refractivity contribution in [2.24, 2.45) is 5.92 Å². The predicted molar refractivity (Wildman–Crippen MR) is 140 cm³/mol. The molecule has 2 N–H and O–H groups in total. The van der Waals surface area contributed by atoms with Gasteiger partial charge in [-0.1, -0.05) is 24.3 Å². The van der Waals surface area contributed by atoms with E-state index >= 15 is 0 Å². The van der Waals surface area contributed by atoms with Crippen LogP contribution in [0.2, 0.25) is 0 Å². The number of para-hydroxylation sites is 1. The molecule has 2 aromatic carbocycles. The maximum Gasteiger partial charge on any atom is 0.224 e. The summed E-state index contributed by atoms with van der Waals surface area (Å²) in [6, 6.07) is 11.6. The molecule has 3 fully saturated rings. The number of aryl methyl sites for hydroxylation is 1. The number of piperidine rings is 1. The SMILES string of the molecule is CC(=O)N(c1ccccc1C)[C@@H]1CC[C@@]2(O)[C@H]3Cc4ccc(O)c5c4[C@@]2(CCN3CC2CC2)[C@H]1O5.Cl. The number of carbonyl (C=O) groups is 1. The van der Waals surface area contributed by atoms with Crippen LogP contribution in [-0.4, -0.2) is 57.9 Å². The Morgan fingerprint density at radius 1 is 1.17 bits per heavy atom. The largest absolute Gasteiger partial charge is 0.504 e. The Kier molecular flexibility index (Phi) is 5.42. The molecule has 0 unspecified atom stereocenters. The van der Waals surface area contributed by atoms with Crippen LogP contribution in [0.1, 0.15) is 55.7 Å². The molecule has 1 amide bonds. The molecule has 7 rings (SSSR count). The van der Waals surface area contributed by atoms with E-state index in [0.717, 1.165) is 48.7 Å². The summed E-state index contributed by atoms with van der Waals surface area (Å²) in [7, 11) is 0. The van der Waals surface area contributed by atoms with Crippen molar-refractivity contribution in [1.82, 2.24) is 4.90 Å². The molecule has 2 aliphatic heterocycles. The second-order valence-electron chi connectivity index (χ2n) is 11.6. The number of aromatic hydroxyl groups is 1. The Hall–Kier alpha value is -2.28. The van der Waals surface area contributed by atoms with E-state index in [1.807, 2.05) is 42.2 Å². The number of halogens is 1. The van der Waals surface area contributed by atoms with Crippen LogP contribution in [0.4, 0.5) is 5.69 Å². The number of hydrogen-bond donors (Lipinski definition) is 2. The lowest BCUT2D eigenvalue weighted by atomic mass is 9.48. The maximum absolute atomic E-state index is 13.2. The molecular weight excluding hydrogens is 476 g/mol. The lowest BCUT2D eigenvalue weighted by molar-refractivity contribution is -0.190. The molecule has 0 aromatic heterocycles. The van der Waals surface area contributed by atoms with Crippen molar-refractivity contribution in [3.8, 4) is 11.5 Å². The third-order valence-electron chi connectivity index (χ3n) is 9.78. The van der Waals surface area contributed by atoms with Crippen molar-refractivity contribution in [2.45, 2.75) is 81.6 Å². The summed E-state index contributed by atoms with van der Waals surface area (Å²) in [5, 5.41) is 23.5. The molecule has 1 saturated heterocycles. The quantitative estimate of drug-likeness (QED) is 0.647. The van der Waals surface area contributed by atoms with Crippen molar-refractivity contribution in [3.05, 3.63) is 53.1 Å². The van der Waals surface area contributed by atoms with E-state index in [1.54, 1.807) is 13.0 Å². The van der Waals surface area contributed by atoms with E-state index in [-0.39, 0.29) is 36.1 Å². The molecule has 5 aliphatic rings. The van der Waals surface area contributed by atoms with Gasteiger partial charge in [0.2, 0.25) is 5.91 Å². The number of nitrogens with zero attached hydrogens (tertiary/aromatic N) is 2. The Balaban J connectivity index is 0.00000240. The fourth-order valence-electron chi connectivity index (χ4n) is 8.14. The molecular formula is C29H35ClN2O4. The summed E-state index contributed by atoms with van der Waals surface area (Å²) in [4.78, 5) is 17.6. The van der Waals surface area contributed by atoms with Gasteiger partial charge in [-0.3, -0.25) is 9.69 Å². The van der Waals surface area contributed by atoms with Gasteiger partial charge in [0.1, 0.15) is 6.10 Å². The minimum atomic E-state index is -0.943. The third kappa shape index (κ3) is 3.01. The van der Waals surface area contributed by atoms with Gasteiger partial charge in [-0.2, -0.15) is 0 Å². The Morgan fingerprint density at radius 3 is 2.67 bits per heavy atom. The molecule has 192 valence electrons. The number of ether oxygens (including phenoxy) is 1. The maximum atomic E-state index is 13.2. The van der Waals surface area contributed by atoms with E-state index in [9.17, 15) is 15.0 Å². The van der Waals surface area contributed by atoms with E-state index in [1.165, 1.54) is 18.4 Å². The number of phenolic OH excluding ortho intramolecular Hbond substituents is 1. The van der Waals surface area contributed by atoms with Crippen LogP contribution >= 0.6 is 12.4 Å². The number of rotatable bonds is 4. The first-order valence-electron chi connectivity index (χ1n) is 13.2. The Morgan fingerprint density at radius 2 is 1.94 bits per heavy atom. The fourth-order valence-corrected chi connectivity index (χ4v) is 8.14. The summed E-state index contributed by atoms with van der Waals surface area (Å²) < 4.78 is 6.69. The summed E-state index contributed by atoms with van der Waals surface area (Å²) in [6.07, 6.45) is 5.01. The van der Waals surface area contributed by atoms with Crippen LogP contribution in [0.25, 0.3) is 0 Å². The molecule has 5 atom stereocenters. The van der Waals surface area contributed by atoms with Crippen molar-refractivity contribution in [1.29, 1.82) is 0 Å². The smallest absolute Gasteiger partial charge is 0.224 e. The molecule has 2 bridgehead atoms. The highest BCUT2D eigenvalue weighted by atomic mass is 35.5. The molecule has 2 saturated carbocycles. The van der Waals surface area contributed by atoms with E-state index in [4.69, 9.17) is 4.74 Å². The standard InChI is InChI=1S/C29H34N2O4.ClH/c1-17-5-3-4-6-21(17)31(18(2)32)22-11-12-29(34)24-15-20-9-10-23(33)26-25(20)28(29,27(22)35-26)13-14-30(24)16-19-7-8-19;/h3-6,9-10,19,22,24,27,33-34H,7-8,11-16H2,1-2H3;1H/t22-,24-,27+,28+,29-;/m1./s1. The average Bonchev–Trinajstić information content (AvgIpc) is 3.57. The van der Waals surface area contributed by atoms with Crippen molar-refractivity contribution >= 4 is 24.0 Å². The van der Waals surface area contributed by atoms with E-state index in [0.29, 0.717) is 18.6 Å². The second-order valence-corrected chi connectivity index (χ2v) is 11.6. The zero-order valence-corrected chi connectivity index (χ0v) is 21.8. The van der Waals surface area contributed by atoms with Crippen LogP contribution in [0.15, 0.2) is 36.4 Å². The molecule has 3 aliphatic carbocycles. The van der Waals surface area contributed by atoms with Crippen LogP contribution < -0.4 is 9.64 Å². The summed E-state index contributed by atoms with van der Waals surface area (Å²) >= 11 is 0. The molecule has 36 heavy (non-hydrogen) atoms. The summed E-state index contributed by atoms with van der Waals surface area (Å²) in [5.41, 5.74) is 2.56. The van der Waals surface area contributed by atoms with Crippen LogP contribution in [-0.2, 0) is 16.6 Å². The number of phenols is 1. The highest BCUT2D eigenvalue weighted by Crippen LogP contribution is 2.66. The number of aliphatic hydroxyl groups is 1. The predicted octanol–water partition coefficient (Wildman–Crippen LogP) is 4.11. The second kappa shape index (κ2) is 8.11. The van der Waals surface area contributed by atoms with Gasteiger partial charge in [-0.25, -0.2) is 0 Å². The monoisotopic (exact) mass is 510 g/mol. The zero-order valence-electron chi connectivity index (χ0n) is 20.9. The first kappa shape index (κ1) is 24.1. The van der Waals surface area contributed by atoms with Gasteiger partial charge in [0.25, 0.3) is 0 Å². The first-order chi connectivity index (χ1) is 16.8. The number of likely N-dealkylation sites (tertiary alicyclic amines) is 1. The minimum Gasteiger partial charge on any atom is -0.504 e. The summed E-state index contributed by atoms with van der Waals surface area (Å²) in [6.45, 7) is 5.62. The number of amides is 1. The van der Waals surface area contributed by atoms with Crippen molar-refractivity contribution in [3.63, 3.8) is 0 Å². The van der Waals surface area contributed by atoms with Gasteiger partial charge in [-0.05, 0) is 81.2 Å². The average molecular weight is 511 g/mol. The van der Waals surface area contributed by atoms with Crippen molar-refractivity contribution in [2.75, 3.05) is 18.0 Å². The fraction of sp³-hybridized carbons (Fsp3) is 0.552. The number of hydrogen-bond acceptors (Lipinski definition) is 5. The number of anilines is 1. The molecule has 6 nitrogen and oxygen atoms in total. The molecule has 2 aromatic rings. The third-order valence-corrected chi connectivity index (χ3v) is 9.78. The topological polar surface area (TPSA) is 73.2 Å². The van der Waals surface area contributed by atoms with Gasteiger partial charge in [0.15, 0.2) is 11.5 Å². The lowest BCUT2D eigenvalue weighted by Crippen LogP contribution is -2.78. The Labute approximate surface area is 218 Å². The first-order valence-corrected chi connectivity index (χ1v) is 13.2. The summed E-state index contributed by atoms with van der Waals surface area (Å²) in [5.74, 6) is 1.40. The van der Waals surface area contributed by atoms with Gasteiger partial charge < -0.3 is 19.8 Å².